The Morgan fingerprint density at radius 2 is 1.79 bits per heavy atom. The normalized spacial score (nSPS) is 35.6. The van der Waals surface area contributed by atoms with E-state index in [0.717, 1.165) is 19.6 Å². The van der Waals surface area contributed by atoms with Crippen molar-refractivity contribution in [3.63, 3.8) is 0 Å². The highest BCUT2D eigenvalue weighted by Gasteiger charge is 2.54. The van der Waals surface area contributed by atoms with Gasteiger partial charge in [-0.1, -0.05) is 30.3 Å². The summed E-state index contributed by atoms with van der Waals surface area (Å²) in [6.07, 6.45) is 0.0158. The molecule has 1 heterocycles. The highest BCUT2D eigenvalue weighted by Crippen LogP contribution is 2.45. The van der Waals surface area contributed by atoms with E-state index in [-0.39, 0.29) is 6.10 Å². The van der Waals surface area contributed by atoms with E-state index in [1.165, 1.54) is 5.56 Å². The standard InChI is InChI=1S/C12H15NO/c14-12-10-7-13(8-11(10)12)6-9-4-2-1-3-5-9/h1-5,10-12,14H,6-8H2. The molecule has 2 aliphatic rings. The molecule has 0 spiro atoms. The van der Waals surface area contributed by atoms with Crippen molar-refractivity contribution >= 4 is 0 Å². The van der Waals surface area contributed by atoms with E-state index in [9.17, 15) is 5.11 Å². The lowest BCUT2D eigenvalue weighted by Gasteiger charge is -2.18. The van der Waals surface area contributed by atoms with Crippen molar-refractivity contribution < 1.29 is 5.11 Å². The summed E-state index contributed by atoms with van der Waals surface area (Å²) in [6.45, 7) is 3.21. The SMILES string of the molecule is OC1C2CN(Cc3ccccc3)CC12. The zero-order chi connectivity index (χ0) is 9.54. The fourth-order valence-corrected chi connectivity index (χ4v) is 2.55. The molecule has 0 aromatic heterocycles. The van der Waals surface area contributed by atoms with Gasteiger partial charge in [0.1, 0.15) is 0 Å². The maximum Gasteiger partial charge on any atom is 0.0629 e. The summed E-state index contributed by atoms with van der Waals surface area (Å²) in [7, 11) is 0. The number of likely N-dealkylation sites (tertiary alicyclic amines) is 1. The summed E-state index contributed by atoms with van der Waals surface area (Å²) in [4.78, 5) is 2.44. The number of hydrogen-bond donors (Lipinski definition) is 1. The molecule has 2 heteroatoms. The molecule has 1 saturated heterocycles. The fraction of sp³-hybridized carbons (Fsp3) is 0.500. The quantitative estimate of drug-likeness (QED) is 0.753. The molecule has 1 aromatic rings. The molecule has 3 rings (SSSR count). The van der Waals surface area contributed by atoms with E-state index in [2.05, 4.69) is 35.2 Å². The van der Waals surface area contributed by atoms with Gasteiger partial charge >= 0.3 is 0 Å². The Morgan fingerprint density at radius 3 is 2.43 bits per heavy atom. The Labute approximate surface area is 84.2 Å². The van der Waals surface area contributed by atoms with E-state index in [1.807, 2.05) is 0 Å². The fourth-order valence-electron chi connectivity index (χ4n) is 2.55. The van der Waals surface area contributed by atoms with Crippen LogP contribution in [0.4, 0.5) is 0 Å². The molecule has 1 aromatic carbocycles. The number of benzene rings is 1. The molecule has 2 unspecified atom stereocenters. The molecule has 0 radical (unpaired) electrons. The predicted octanol–water partition coefficient (Wildman–Crippen LogP) is 1.11. The third-order valence-electron chi connectivity index (χ3n) is 3.47. The second-order valence-corrected chi connectivity index (χ2v) is 4.50. The average Bonchev–Trinajstić information content (AvgIpc) is 2.65. The van der Waals surface area contributed by atoms with Crippen LogP contribution >= 0.6 is 0 Å². The molecule has 14 heavy (non-hydrogen) atoms. The van der Waals surface area contributed by atoms with Crippen LogP contribution in [0, 0.1) is 11.8 Å². The monoisotopic (exact) mass is 189 g/mol. The van der Waals surface area contributed by atoms with E-state index in [0.29, 0.717) is 11.8 Å². The van der Waals surface area contributed by atoms with Gasteiger partial charge in [-0.05, 0) is 5.56 Å². The van der Waals surface area contributed by atoms with Gasteiger partial charge in [-0.25, -0.2) is 0 Å². The Kier molecular flexibility index (Phi) is 1.85. The lowest BCUT2D eigenvalue weighted by atomic mass is 10.2. The largest absolute Gasteiger partial charge is 0.392 e. The van der Waals surface area contributed by atoms with Crippen LogP contribution in [0.25, 0.3) is 0 Å². The third kappa shape index (κ3) is 1.35. The number of aliphatic hydroxyl groups is 1. The lowest BCUT2D eigenvalue weighted by molar-refractivity contribution is 0.185. The van der Waals surface area contributed by atoms with Gasteiger partial charge < -0.3 is 5.11 Å². The molecule has 1 aliphatic carbocycles. The molecule has 1 N–H and O–H groups in total. The molecule has 74 valence electrons. The Morgan fingerprint density at radius 1 is 1.14 bits per heavy atom. The van der Waals surface area contributed by atoms with Crippen molar-refractivity contribution in [1.29, 1.82) is 0 Å². The van der Waals surface area contributed by atoms with Crippen LogP contribution in [-0.2, 0) is 6.54 Å². The Balaban J connectivity index is 1.60. The average molecular weight is 189 g/mol. The Hall–Kier alpha value is -0.860. The zero-order valence-corrected chi connectivity index (χ0v) is 8.13. The van der Waals surface area contributed by atoms with Crippen molar-refractivity contribution in [3.8, 4) is 0 Å². The highest BCUT2D eigenvalue weighted by atomic mass is 16.3. The van der Waals surface area contributed by atoms with Gasteiger partial charge in [0.15, 0.2) is 0 Å². The minimum atomic E-state index is 0.0158. The van der Waals surface area contributed by atoms with Gasteiger partial charge in [-0.3, -0.25) is 4.90 Å². The molecule has 0 amide bonds. The molecular formula is C12H15NO. The van der Waals surface area contributed by atoms with Gasteiger partial charge in [-0.2, -0.15) is 0 Å². The third-order valence-corrected chi connectivity index (χ3v) is 3.47. The number of nitrogens with zero attached hydrogens (tertiary/aromatic N) is 1. The summed E-state index contributed by atoms with van der Waals surface area (Å²) in [5, 5.41) is 9.40. The van der Waals surface area contributed by atoms with E-state index < -0.39 is 0 Å². The number of piperidine rings is 1. The number of rotatable bonds is 2. The van der Waals surface area contributed by atoms with Crippen molar-refractivity contribution in [3.05, 3.63) is 35.9 Å². The van der Waals surface area contributed by atoms with E-state index in [4.69, 9.17) is 0 Å². The number of hydrogen-bond acceptors (Lipinski definition) is 2. The van der Waals surface area contributed by atoms with Crippen LogP contribution in [0.15, 0.2) is 30.3 Å². The maximum absolute atomic E-state index is 9.40. The summed E-state index contributed by atoms with van der Waals surface area (Å²) < 4.78 is 0. The molecule has 1 saturated carbocycles. The second kappa shape index (κ2) is 3.07. The molecular weight excluding hydrogens is 174 g/mol. The van der Waals surface area contributed by atoms with Crippen molar-refractivity contribution in [1.82, 2.24) is 4.90 Å². The molecule has 1 aliphatic heterocycles. The Bertz CT molecular complexity index is 312. The molecule has 2 nitrogen and oxygen atoms in total. The first kappa shape index (κ1) is 8.45. The van der Waals surface area contributed by atoms with Gasteiger partial charge in [0, 0.05) is 31.5 Å². The highest BCUT2D eigenvalue weighted by molar-refractivity contribution is 5.16. The van der Waals surface area contributed by atoms with Crippen LogP contribution in [0.5, 0.6) is 0 Å². The minimum Gasteiger partial charge on any atom is -0.392 e. The van der Waals surface area contributed by atoms with Crippen molar-refractivity contribution in [2.24, 2.45) is 11.8 Å². The number of fused-ring (bicyclic) bond motifs is 1. The van der Waals surface area contributed by atoms with Crippen LogP contribution < -0.4 is 0 Å². The summed E-state index contributed by atoms with van der Waals surface area (Å²) in [6, 6.07) is 10.6. The van der Waals surface area contributed by atoms with Crippen LogP contribution in [0.3, 0.4) is 0 Å². The predicted molar refractivity (Wildman–Crippen MR) is 54.7 cm³/mol. The first-order valence-electron chi connectivity index (χ1n) is 5.29. The summed E-state index contributed by atoms with van der Waals surface area (Å²) >= 11 is 0. The summed E-state index contributed by atoms with van der Waals surface area (Å²) in [5.74, 6) is 1.16. The van der Waals surface area contributed by atoms with Crippen molar-refractivity contribution in [2.75, 3.05) is 13.1 Å². The van der Waals surface area contributed by atoms with Crippen LogP contribution in [0.1, 0.15) is 5.56 Å². The second-order valence-electron chi connectivity index (χ2n) is 4.50. The molecule has 2 fully saturated rings. The van der Waals surface area contributed by atoms with Crippen LogP contribution in [0.2, 0.25) is 0 Å². The first-order chi connectivity index (χ1) is 6.84. The van der Waals surface area contributed by atoms with E-state index in [1.54, 1.807) is 0 Å². The molecule has 0 bridgehead atoms. The molecule has 2 atom stereocenters. The topological polar surface area (TPSA) is 23.5 Å². The smallest absolute Gasteiger partial charge is 0.0629 e. The van der Waals surface area contributed by atoms with Gasteiger partial charge in [0.25, 0.3) is 0 Å². The van der Waals surface area contributed by atoms with Crippen LogP contribution in [-0.4, -0.2) is 29.2 Å². The zero-order valence-electron chi connectivity index (χ0n) is 8.13. The summed E-state index contributed by atoms with van der Waals surface area (Å²) in [5.41, 5.74) is 1.38. The first-order valence-corrected chi connectivity index (χ1v) is 5.29. The van der Waals surface area contributed by atoms with Crippen molar-refractivity contribution in [2.45, 2.75) is 12.6 Å². The van der Waals surface area contributed by atoms with E-state index >= 15 is 0 Å². The van der Waals surface area contributed by atoms with Gasteiger partial charge in [-0.15, -0.1) is 0 Å². The lowest BCUT2D eigenvalue weighted by Crippen LogP contribution is -2.25. The minimum absolute atomic E-state index is 0.0158. The number of aliphatic hydroxyl groups excluding tert-OH is 1. The van der Waals surface area contributed by atoms with Gasteiger partial charge in [0.05, 0.1) is 6.10 Å². The van der Waals surface area contributed by atoms with Gasteiger partial charge in [0.2, 0.25) is 0 Å². The maximum atomic E-state index is 9.40.